The van der Waals surface area contributed by atoms with Gasteiger partial charge in [-0.2, -0.15) is 0 Å². The van der Waals surface area contributed by atoms with Crippen molar-refractivity contribution in [3.05, 3.63) is 61.0 Å². The summed E-state index contributed by atoms with van der Waals surface area (Å²) in [5.74, 6) is -2.00. The Kier molecular flexibility index (Phi) is 6.68. The van der Waals surface area contributed by atoms with Crippen LogP contribution in [-0.4, -0.2) is 28.7 Å². The zero-order chi connectivity index (χ0) is 22.3. The average Bonchev–Trinajstić information content (AvgIpc) is 2.93. The molecular formula is C21H17Cl4NO4. The molecule has 2 amide bonds. The number of nitrogens with zero attached hydrogens (tertiary/aromatic N) is 1. The summed E-state index contributed by atoms with van der Waals surface area (Å²) < 4.78 is 5.47. The summed E-state index contributed by atoms with van der Waals surface area (Å²) in [7, 11) is 0. The molecule has 3 rings (SSSR count). The zero-order valence-electron chi connectivity index (χ0n) is 16.3. The Morgan fingerprint density at radius 2 is 1.50 bits per heavy atom. The van der Waals surface area contributed by atoms with Gasteiger partial charge in [-0.3, -0.25) is 14.5 Å². The van der Waals surface area contributed by atoms with Gasteiger partial charge in [0.25, 0.3) is 11.8 Å². The van der Waals surface area contributed by atoms with Crippen LogP contribution in [0.5, 0.6) is 5.75 Å². The molecule has 158 valence electrons. The number of carbonyl (C=O) groups excluding carboxylic acids is 3. The molecule has 0 bridgehead atoms. The van der Waals surface area contributed by atoms with Crippen LogP contribution in [0.3, 0.4) is 0 Å². The van der Waals surface area contributed by atoms with Crippen LogP contribution in [0.1, 0.15) is 46.5 Å². The van der Waals surface area contributed by atoms with E-state index in [0.717, 1.165) is 10.5 Å². The number of ether oxygens (including phenoxy) is 1. The van der Waals surface area contributed by atoms with Crippen molar-refractivity contribution < 1.29 is 19.1 Å². The van der Waals surface area contributed by atoms with Crippen LogP contribution < -0.4 is 4.74 Å². The lowest BCUT2D eigenvalue weighted by Gasteiger charge is -2.26. The zero-order valence-corrected chi connectivity index (χ0v) is 19.3. The second-order valence-corrected chi connectivity index (χ2v) is 8.88. The highest BCUT2D eigenvalue weighted by Gasteiger charge is 2.47. The predicted molar refractivity (Wildman–Crippen MR) is 117 cm³/mol. The molecule has 5 nitrogen and oxygen atoms in total. The van der Waals surface area contributed by atoms with Crippen molar-refractivity contribution in [2.75, 3.05) is 0 Å². The summed E-state index contributed by atoms with van der Waals surface area (Å²) in [5.41, 5.74) is 0.556. The minimum Gasteiger partial charge on any atom is -0.425 e. The van der Waals surface area contributed by atoms with Crippen molar-refractivity contribution >= 4 is 64.2 Å². The van der Waals surface area contributed by atoms with Crippen molar-refractivity contribution in [1.29, 1.82) is 0 Å². The molecule has 1 unspecified atom stereocenters. The van der Waals surface area contributed by atoms with Gasteiger partial charge in [0.2, 0.25) is 0 Å². The van der Waals surface area contributed by atoms with Gasteiger partial charge < -0.3 is 4.74 Å². The van der Waals surface area contributed by atoms with E-state index in [1.807, 2.05) is 26.8 Å². The van der Waals surface area contributed by atoms with Gasteiger partial charge in [0.05, 0.1) is 31.2 Å². The number of benzene rings is 2. The van der Waals surface area contributed by atoms with E-state index in [1.165, 1.54) is 0 Å². The molecule has 0 saturated carbocycles. The molecule has 1 heterocycles. The summed E-state index contributed by atoms with van der Waals surface area (Å²) in [5, 5.41) is -0.629. The number of fused-ring (bicyclic) bond motifs is 1. The fourth-order valence-corrected chi connectivity index (χ4v) is 4.28. The van der Waals surface area contributed by atoms with Crippen LogP contribution in [0.25, 0.3) is 0 Å². The van der Waals surface area contributed by atoms with Gasteiger partial charge in [0, 0.05) is 0 Å². The van der Waals surface area contributed by atoms with Crippen LogP contribution >= 0.6 is 46.4 Å². The van der Waals surface area contributed by atoms with Crippen molar-refractivity contribution in [2.45, 2.75) is 33.2 Å². The molecule has 1 atom stereocenters. The molecule has 1 aliphatic heterocycles. The van der Waals surface area contributed by atoms with Crippen molar-refractivity contribution in [1.82, 2.24) is 4.90 Å². The molecule has 0 saturated heterocycles. The van der Waals surface area contributed by atoms with Crippen molar-refractivity contribution in [3.63, 3.8) is 0 Å². The third kappa shape index (κ3) is 4.04. The maximum absolute atomic E-state index is 13.1. The van der Waals surface area contributed by atoms with E-state index >= 15 is 0 Å². The van der Waals surface area contributed by atoms with Crippen LogP contribution in [-0.2, 0) is 4.79 Å². The molecule has 2 aromatic carbocycles. The van der Waals surface area contributed by atoms with Crippen LogP contribution in [0.4, 0.5) is 0 Å². The van der Waals surface area contributed by atoms with Gasteiger partial charge in [-0.1, -0.05) is 72.4 Å². The smallest absolute Gasteiger partial charge is 0.334 e. The number of imide groups is 1. The number of esters is 1. The quantitative estimate of drug-likeness (QED) is 0.164. The SMILES string of the molecule is Cc1cccc(OC(=O)C(CC(C)C)N2C(=O)c3c(Cl)c(Cl)c(Cl)c(Cl)c3C2=O)c1. The van der Waals surface area contributed by atoms with E-state index in [0.29, 0.717) is 5.75 Å². The molecule has 1 aliphatic rings. The van der Waals surface area contributed by atoms with E-state index in [4.69, 9.17) is 51.1 Å². The molecule has 9 heteroatoms. The van der Waals surface area contributed by atoms with E-state index in [9.17, 15) is 14.4 Å². The lowest BCUT2D eigenvalue weighted by molar-refractivity contribution is -0.139. The Morgan fingerprint density at radius 1 is 0.967 bits per heavy atom. The molecule has 0 aliphatic carbocycles. The molecule has 0 spiro atoms. The molecule has 0 radical (unpaired) electrons. The number of rotatable bonds is 5. The number of amides is 2. The molecular weight excluding hydrogens is 472 g/mol. The second kappa shape index (κ2) is 8.75. The van der Waals surface area contributed by atoms with Gasteiger partial charge in [-0.15, -0.1) is 0 Å². The van der Waals surface area contributed by atoms with Crippen LogP contribution in [0.2, 0.25) is 20.1 Å². The first-order chi connectivity index (χ1) is 14.0. The second-order valence-electron chi connectivity index (χ2n) is 7.37. The van der Waals surface area contributed by atoms with Gasteiger partial charge in [-0.25, -0.2) is 4.79 Å². The highest BCUT2D eigenvalue weighted by molar-refractivity contribution is 6.55. The lowest BCUT2D eigenvalue weighted by Crippen LogP contribution is -2.47. The highest BCUT2D eigenvalue weighted by Crippen LogP contribution is 2.45. The average molecular weight is 489 g/mol. The molecule has 0 aromatic heterocycles. The first-order valence-corrected chi connectivity index (χ1v) is 10.6. The first-order valence-electron chi connectivity index (χ1n) is 9.06. The van der Waals surface area contributed by atoms with Crippen molar-refractivity contribution in [3.8, 4) is 5.75 Å². The molecule has 30 heavy (non-hydrogen) atoms. The van der Waals surface area contributed by atoms with E-state index in [-0.39, 0.29) is 43.6 Å². The normalized spacial score (nSPS) is 14.3. The third-order valence-corrected chi connectivity index (χ3v) is 6.42. The monoisotopic (exact) mass is 487 g/mol. The molecule has 0 N–H and O–H groups in total. The summed E-state index contributed by atoms with van der Waals surface area (Å²) in [6.45, 7) is 5.57. The summed E-state index contributed by atoms with van der Waals surface area (Å²) in [4.78, 5) is 40.1. The van der Waals surface area contributed by atoms with Gasteiger partial charge in [0.1, 0.15) is 11.8 Å². The fourth-order valence-electron chi connectivity index (χ4n) is 3.27. The third-order valence-electron chi connectivity index (χ3n) is 4.62. The highest BCUT2D eigenvalue weighted by atomic mass is 35.5. The van der Waals surface area contributed by atoms with Crippen LogP contribution in [0, 0.1) is 12.8 Å². The standard InChI is InChI=1S/C21H17Cl4NO4/c1-9(2)7-12(21(29)30-11-6-4-5-10(3)8-11)26-19(27)13-14(20(26)28)16(23)18(25)17(24)15(13)22/h4-6,8-9,12H,7H2,1-3H3. The lowest BCUT2D eigenvalue weighted by atomic mass is 10.0. The Morgan fingerprint density at radius 3 is 1.97 bits per heavy atom. The number of aryl methyl sites for hydroxylation is 1. The maximum Gasteiger partial charge on any atom is 0.334 e. The first kappa shape index (κ1) is 22.9. The molecule has 0 fully saturated rings. The van der Waals surface area contributed by atoms with Gasteiger partial charge in [0.15, 0.2) is 0 Å². The number of halogens is 4. The largest absolute Gasteiger partial charge is 0.425 e. The number of hydrogen-bond donors (Lipinski definition) is 0. The Bertz CT molecular complexity index is 1020. The summed E-state index contributed by atoms with van der Waals surface area (Å²) in [6.07, 6.45) is 0.187. The minimum absolute atomic E-state index is 0.0255. The predicted octanol–water partition coefficient (Wildman–Crippen LogP) is 6.22. The topological polar surface area (TPSA) is 63.7 Å². The Labute approximate surface area is 193 Å². The maximum atomic E-state index is 13.1. The van der Waals surface area contributed by atoms with Crippen molar-refractivity contribution in [2.24, 2.45) is 5.92 Å². The van der Waals surface area contributed by atoms with E-state index < -0.39 is 23.8 Å². The Balaban J connectivity index is 2.03. The van der Waals surface area contributed by atoms with Gasteiger partial charge in [-0.05, 0) is 37.0 Å². The Hall–Kier alpha value is -1.79. The summed E-state index contributed by atoms with van der Waals surface area (Å²) in [6, 6.07) is 5.71. The summed E-state index contributed by atoms with van der Waals surface area (Å²) >= 11 is 24.5. The van der Waals surface area contributed by atoms with Gasteiger partial charge >= 0.3 is 5.97 Å². The number of hydrogen-bond acceptors (Lipinski definition) is 4. The van der Waals surface area contributed by atoms with E-state index in [2.05, 4.69) is 0 Å². The van der Waals surface area contributed by atoms with E-state index in [1.54, 1.807) is 18.2 Å². The fraction of sp³-hybridized carbons (Fsp3) is 0.286. The minimum atomic E-state index is -1.18. The van der Waals surface area contributed by atoms with Crippen LogP contribution in [0.15, 0.2) is 24.3 Å². The molecule has 2 aromatic rings. The number of carbonyl (C=O) groups is 3.